The first kappa shape index (κ1) is 18.3. The average molecular weight is 353 g/mol. The van der Waals surface area contributed by atoms with Crippen LogP contribution in [0.5, 0.6) is 11.5 Å². The molecule has 0 saturated heterocycles. The van der Waals surface area contributed by atoms with Gasteiger partial charge in [0.15, 0.2) is 0 Å². The molecule has 0 atom stereocenters. The van der Waals surface area contributed by atoms with Crippen molar-refractivity contribution in [2.24, 2.45) is 0 Å². The summed E-state index contributed by atoms with van der Waals surface area (Å²) in [5.74, 6) is 0.737. The van der Waals surface area contributed by atoms with Gasteiger partial charge in [-0.2, -0.15) is 5.10 Å². The van der Waals surface area contributed by atoms with Gasteiger partial charge in [0.25, 0.3) is 0 Å². The van der Waals surface area contributed by atoms with Crippen molar-refractivity contribution in [1.82, 2.24) is 14.5 Å². The molecule has 8 heteroatoms. The highest BCUT2D eigenvalue weighted by molar-refractivity contribution is 7.89. The standard InChI is InChI=1S/C16H23N3O4S/c1-12-10-13(2)19(18-12)9-5-8-17-24(20,21)16-11-14(22-3)6-7-15(16)23-4/h6-7,10-11,17H,5,8-9H2,1-4H3. The normalized spacial score (nSPS) is 11.5. The molecule has 0 aliphatic heterocycles. The van der Waals surface area contributed by atoms with Gasteiger partial charge in [-0.15, -0.1) is 0 Å². The number of sulfonamides is 1. The zero-order valence-electron chi connectivity index (χ0n) is 14.4. The van der Waals surface area contributed by atoms with Gasteiger partial charge >= 0.3 is 0 Å². The molecule has 132 valence electrons. The van der Waals surface area contributed by atoms with Crippen LogP contribution >= 0.6 is 0 Å². The van der Waals surface area contributed by atoms with Crippen molar-refractivity contribution in [3.8, 4) is 11.5 Å². The molecule has 1 heterocycles. The fraction of sp³-hybridized carbons (Fsp3) is 0.438. The molecule has 1 N–H and O–H groups in total. The number of benzene rings is 1. The van der Waals surface area contributed by atoms with E-state index >= 15 is 0 Å². The molecule has 7 nitrogen and oxygen atoms in total. The number of ether oxygens (including phenoxy) is 2. The third kappa shape index (κ3) is 4.27. The molecular formula is C16H23N3O4S. The fourth-order valence-corrected chi connectivity index (χ4v) is 3.66. The van der Waals surface area contributed by atoms with Gasteiger partial charge in [0.2, 0.25) is 10.0 Å². The van der Waals surface area contributed by atoms with Crippen LogP contribution in [0.25, 0.3) is 0 Å². The highest BCUT2D eigenvalue weighted by Crippen LogP contribution is 2.27. The summed E-state index contributed by atoms with van der Waals surface area (Å²) in [7, 11) is -0.759. The maximum atomic E-state index is 12.5. The molecule has 0 saturated carbocycles. The maximum absolute atomic E-state index is 12.5. The smallest absolute Gasteiger partial charge is 0.244 e. The summed E-state index contributed by atoms with van der Waals surface area (Å²) < 4.78 is 39.7. The SMILES string of the molecule is COc1ccc(OC)c(S(=O)(=O)NCCCn2nc(C)cc2C)c1. The molecule has 0 amide bonds. The molecule has 1 aromatic carbocycles. The number of aromatic nitrogens is 2. The Morgan fingerprint density at radius 2 is 1.92 bits per heavy atom. The Labute approximate surface area is 142 Å². The summed E-state index contributed by atoms with van der Waals surface area (Å²) in [6.07, 6.45) is 0.632. The number of nitrogens with one attached hydrogen (secondary N) is 1. The van der Waals surface area contributed by atoms with Crippen molar-refractivity contribution in [3.63, 3.8) is 0 Å². The molecule has 0 unspecified atom stereocenters. The Kier molecular flexibility index (Phi) is 5.84. The van der Waals surface area contributed by atoms with E-state index in [-0.39, 0.29) is 10.6 Å². The highest BCUT2D eigenvalue weighted by atomic mass is 32.2. The topological polar surface area (TPSA) is 82.5 Å². The third-order valence-corrected chi connectivity index (χ3v) is 5.08. The van der Waals surface area contributed by atoms with Crippen LogP contribution in [-0.2, 0) is 16.6 Å². The van der Waals surface area contributed by atoms with Crippen molar-refractivity contribution in [1.29, 1.82) is 0 Å². The van der Waals surface area contributed by atoms with Crippen molar-refractivity contribution in [3.05, 3.63) is 35.7 Å². The zero-order chi connectivity index (χ0) is 17.7. The molecule has 2 rings (SSSR count). The van der Waals surface area contributed by atoms with Crippen molar-refractivity contribution in [2.75, 3.05) is 20.8 Å². The summed E-state index contributed by atoms with van der Waals surface area (Å²) in [6, 6.07) is 6.66. The van der Waals surface area contributed by atoms with Crippen molar-refractivity contribution >= 4 is 10.0 Å². The second-order valence-corrected chi connectivity index (χ2v) is 7.15. The minimum atomic E-state index is -3.68. The first-order valence-corrected chi connectivity index (χ1v) is 9.08. The van der Waals surface area contributed by atoms with Gasteiger partial charge < -0.3 is 9.47 Å². The summed E-state index contributed by atoms with van der Waals surface area (Å²) in [4.78, 5) is 0.0652. The Bertz CT molecular complexity index is 800. The fourth-order valence-electron chi connectivity index (χ4n) is 2.41. The second kappa shape index (κ2) is 7.67. The number of rotatable bonds is 8. The van der Waals surface area contributed by atoms with Gasteiger partial charge in [-0.1, -0.05) is 0 Å². The summed E-state index contributed by atoms with van der Waals surface area (Å²) in [5, 5.41) is 4.36. The molecule has 0 radical (unpaired) electrons. The number of nitrogens with zero attached hydrogens (tertiary/aromatic N) is 2. The molecule has 0 fully saturated rings. The number of aryl methyl sites for hydroxylation is 3. The Morgan fingerprint density at radius 3 is 2.50 bits per heavy atom. The van der Waals surface area contributed by atoms with Crippen LogP contribution in [-0.4, -0.2) is 39.0 Å². The van der Waals surface area contributed by atoms with Crippen LogP contribution in [0.3, 0.4) is 0 Å². The Hall–Kier alpha value is -2.06. The maximum Gasteiger partial charge on any atom is 0.244 e. The van der Waals surface area contributed by atoms with Gasteiger partial charge in [0, 0.05) is 24.8 Å². The van der Waals surface area contributed by atoms with Crippen LogP contribution < -0.4 is 14.2 Å². The van der Waals surface area contributed by atoms with E-state index in [2.05, 4.69) is 9.82 Å². The lowest BCUT2D eigenvalue weighted by Crippen LogP contribution is -2.26. The molecule has 1 aromatic heterocycles. The first-order valence-electron chi connectivity index (χ1n) is 7.60. The average Bonchev–Trinajstić information content (AvgIpc) is 2.88. The van der Waals surface area contributed by atoms with E-state index in [1.54, 1.807) is 12.1 Å². The van der Waals surface area contributed by atoms with E-state index in [4.69, 9.17) is 9.47 Å². The van der Waals surface area contributed by atoms with E-state index in [0.717, 1.165) is 11.4 Å². The van der Waals surface area contributed by atoms with E-state index in [1.165, 1.54) is 20.3 Å². The lowest BCUT2D eigenvalue weighted by molar-refractivity contribution is 0.392. The largest absolute Gasteiger partial charge is 0.497 e. The second-order valence-electron chi connectivity index (χ2n) is 5.42. The monoisotopic (exact) mass is 353 g/mol. The highest BCUT2D eigenvalue weighted by Gasteiger charge is 2.20. The molecule has 2 aromatic rings. The van der Waals surface area contributed by atoms with Crippen molar-refractivity contribution in [2.45, 2.75) is 31.7 Å². The predicted octanol–water partition coefficient (Wildman–Crippen LogP) is 1.89. The van der Waals surface area contributed by atoms with E-state index in [9.17, 15) is 8.42 Å². The molecular weight excluding hydrogens is 330 g/mol. The van der Waals surface area contributed by atoms with E-state index in [1.807, 2.05) is 24.6 Å². The quantitative estimate of drug-likeness (QED) is 0.733. The predicted molar refractivity (Wildman–Crippen MR) is 91.1 cm³/mol. The van der Waals surface area contributed by atoms with Gasteiger partial charge in [-0.05, 0) is 38.5 Å². The molecule has 0 spiro atoms. The van der Waals surface area contributed by atoms with Crippen LogP contribution in [0.4, 0.5) is 0 Å². The van der Waals surface area contributed by atoms with Crippen LogP contribution in [0.2, 0.25) is 0 Å². The first-order chi connectivity index (χ1) is 11.4. The molecule has 0 aliphatic carbocycles. The van der Waals surface area contributed by atoms with Crippen molar-refractivity contribution < 1.29 is 17.9 Å². The lowest BCUT2D eigenvalue weighted by Gasteiger charge is -2.12. The van der Waals surface area contributed by atoms with Crippen LogP contribution in [0.15, 0.2) is 29.2 Å². The number of hydrogen-bond donors (Lipinski definition) is 1. The summed E-state index contributed by atoms with van der Waals surface area (Å²) in [6.45, 7) is 4.87. The lowest BCUT2D eigenvalue weighted by atomic mass is 10.3. The number of hydrogen-bond acceptors (Lipinski definition) is 5. The van der Waals surface area contributed by atoms with E-state index in [0.29, 0.717) is 25.3 Å². The Morgan fingerprint density at radius 1 is 1.17 bits per heavy atom. The summed E-state index contributed by atoms with van der Waals surface area (Å²) in [5.41, 5.74) is 2.01. The van der Waals surface area contributed by atoms with Gasteiger partial charge in [-0.25, -0.2) is 13.1 Å². The van der Waals surface area contributed by atoms with Crippen LogP contribution in [0, 0.1) is 13.8 Å². The Balaban J connectivity index is 2.02. The summed E-state index contributed by atoms with van der Waals surface area (Å²) >= 11 is 0. The molecule has 0 aliphatic rings. The van der Waals surface area contributed by atoms with Gasteiger partial charge in [0.1, 0.15) is 16.4 Å². The molecule has 24 heavy (non-hydrogen) atoms. The zero-order valence-corrected chi connectivity index (χ0v) is 15.2. The van der Waals surface area contributed by atoms with Crippen LogP contribution in [0.1, 0.15) is 17.8 Å². The minimum absolute atomic E-state index is 0.0652. The molecule has 0 bridgehead atoms. The minimum Gasteiger partial charge on any atom is -0.497 e. The number of methoxy groups -OCH3 is 2. The van der Waals surface area contributed by atoms with Gasteiger partial charge in [0.05, 0.1) is 19.9 Å². The van der Waals surface area contributed by atoms with E-state index < -0.39 is 10.0 Å². The van der Waals surface area contributed by atoms with Gasteiger partial charge in [-0.3, -0.25) is 4.68 Å². The third-order valence-electron chi connectivity index (χ3n) is 3.60.